The maximum atomic E-state index is 13.0. The van der Waals surface area contributed by atoms with Crippen LogP contribution in [-0.4, -0.2) is 23.8 Å². The highest BCUT2D eigenvalue weighted by atomic mass is 35.5. The maximum absolute atomic E-state index is 13.0. The van der Waals surface area contributed by atoms with Gasteiger partial charge >= 0.3 is 0 Å². The predicted octanol–water partition coefficient (Wildman–Crippen LogP) is 2.88. The van der Waals surface area contributed by atoms with Crippen molar-refractivity contribution in [2.75, 3.05) is 0 Å². The Labute approximate surface area is 140 Å². The van der Waals surface area contributed by atoms with Crippen LogP contribution in [0.2, 0.25) is 0 Å². The van der Waals surface area contributed by atoms with E-state index in [4.69, 9.17) is 16.3 Å². The van der Waals surface area contributed by atoms with Crippen LogP contribution >= 0.6 is 11.6 Å². The summed E-state index contributed by atoms with van der Waals surface area (Å²) in [7, 11) is 0. The number of ether oxygens (including phenoxy) is 1. The van der Waals surface area contributed by atoms with Gasteiger partial charge in [0.1, 0.15) is 5.92 Å². The molecule has 2 bridgehead atoms. The first-order valence-electron chi connectivity index (χ1n) is 7.98. The predicted molar refractivity (Wildman–Crippen MR) is 86.3 cm³/mol. The maximum Gasteiger partial charge on any atom is 0.154 e. The molecule has 23 heavy (non-hydrogen) atoms. The summed E-state index contributed by atoms with van der Waals surface area (Å²) in [5, 5.41) is 2.37. The highest BCUT2D eigenvalue weighted by molar-refractivity contribution is 6.30. The third-order valence-electron chi connectivity index (χ3n) is 5.57. The van der Waals surface area contributed by atoms with Crippen LogP contribution in [0.4, 0.5) is 0 Å². The zero-order valence-electron chi connectivity index (χ0n) is 13.1. The van der Waals surface area contributed by atoms with Gasteiger partial charge in [0, 0.05) is 10.9 Å². The minimum absolute atomic E-state index is 0.0477. The molecule has 1 aromatic carbocycles. The Kier molecular flexibility index (Phi) is 3.37. The van der Waals surface area contributed by atoms with Crippen LogP contribution in [0.15, 0.2) is 12.1 Å². The number of Topliss-reactive ketones (excluding diaryl/α,β-unsaturated/α-hetero) is 2. The molecule has 2 aliphatic heterocycles. The van der Waals surface area contributed by atoms with Gasteiger partial charge in [0.2, 0.25) is 0 Å². The number of fused-ring (bicyclic) bond motifs is 5. The standard InChI is InChI=1S/C19H17ClO3/c1-9-7-11(5-6-20)8-10(2)14(9)17-18(21)15-12-3-4-13(23-12)16(15)19(17)22/h7-8,12-13,15-17H,3-4H2,1-2H3/t12-,13+,15?,16?,17?. The normalized spacial score (nSPS) is 34.5. The van der Waals surface area contributed by atoms with Gasteiger partial charge in [0.05, 0.1) is 24.0 Å². The number of ketones is 2. The smallest absolute Gasteiger partial charge is 0.154 e. The van der Waals surface area contributed by atoms with Gasteiger partial charge in [-0.15, -0.1) is 0 Å². The number of carbonyl (C=O) groups excluding carboxylic acids is 2. The van der Waals surface area contributed by atoms with Crippen LogP contribution < -0.4 is 0 Å². The first kappa shape index (κ1) is 14.9. The molecule has 0 amide bonds. The summed E-state index contributed by atoms with van der Waals surface area (Å²) in [6.07, 6.45) is 1.71. The number of halogens is 1. The second kappa shape index (κ2) is 5.19. The van der Waals surface area contributed by atoms with Crippen molar-refractivity contribution in [1.82, 2.24) is 0 Å². The molecule has 3 unspecified atom stereocenters. The molecule has 1 saturated carbocycles. The summed E-state index contributed by atoms with van der Waals surface area (Å²) in [4.78, 5) is 25.9. The molecule has 3 nitrogen and oxygen atoms in total. The summed E-state index contributed by atoms with van der Waals surface area (Å²) in [5.74, 6) is 1.83. The Morgan fingerprint density at radius 3 is 2.04 bits per heavy atom. The van der Waals surface area contributed by atoms with Crippen molar-refractivity contribution in [3.63, 3.8) is 0 Å². The van der Waals surface area contributed by atoms with Crippen molar-refractivity contribution in [3.05, 3.63) is 34.4 Å². The highest BCUT2D eigenvalue weighted by Crippen LogP contribution is 2.52. The minimum Gasteiger partial charge on any atom is -0.373 e. The average Bonchev–Trinajstić information content (AvgIpc) is 3.16. The highest BCUT2D eigenvalue weighted by Gasteiger charge is 2.63. The summed E-state index contributed by atoms with van der Waals surface area (Å²) in [6.45, 7) is 3.86. The molecule has 3 aliphatic rings. The molecule has 1 aliphatic carbocycles. The lowest BCUT2D eigenvalue weighted by molar-refractivity contribution is -0.127. The zero-order valence-corrected chi connectivity index (χ0v) is 13.8. The van der Waals surface area contributed by atoms with E-state index in [9.17, 15) is 9.59 Å². The van der Waals surface area contributed by atoms with Gasteiger partial charge in [-0.05, 0) is 73.0 Å². The van der Waals surface area contributed by atoms with Crippen molar-refractivity contribution in [3.8, 4) is 11.3 Å². The van der Waals surface area contributed by atoms with Crippen LogP contribution in [-0.2, 0) is 14.3 Å². The molecule has 5 atom stereocenters. The van der Waals surface area contributed by atoms with Gasteiger partial charge in [-0.1, -0.05) is 0 Å². The Morgan fingerprint density at radius 2 is 1.57 bits per heavy atom. The number of rotatable bonds is 1. The number of hydrogen-bond acceptors (Lipinski definition) is 3. The van der Waals surface area contributed by atoms with Crippen LogP contribution in [0.25, 0.3) is 0 Å². The quantitative estimate of drug-likeness (QED) is 0.588. The first-order valence-corrected chi connectivity index (χ1v) is 8.36. The molecule has 0 aromatic heterocycles. The molecular weight excluding hydrogens is 312 g/mol. The van der Waals surface area contributed by atoms with Crippen molar-refractivity contribution in [2.24, 2.45) is 11.8 Å². The second-order valence-electron chi connectivity index (χ2n) is 6.82. The van der Waals surface area contributed by atoms with E-state index in [0.29, 0.717) is 0 Å². The number of benzene rings is 1. The molecule has 2 heterocycles. The monoisotopic (exact) mass is 328 g/mol. The minimum atomic E-state index is -0.630. The number of carbonyl (C=O) groups is 2. The van der Waals surface area contributed by atoms with E-state index in [1.807, 2.05) is 26.0 Å². The van der Waals surface area contributed by atoms with Crippen LogP contribution in [0, 0.1) is 37.0 Å². The SMILES string of the molecule is Cc1cc(C#CCl)cc(C)c1C1C(=O)C2C(C1=O)[C@H]1CC[C@@H]2O1. The second-order valence-corrected chi connectivity index (χ2v) is 7.01. The average molecular weight is 329 g/mol. The van der Waals surface area contributed by atoms with Gasteiger partial charge in [-0.3, -0.25) is 9.59 Å². The summed E-state index contributed by atoms with van der Waals surface area (Å²) < 4.78 is 5.80. The topological polar surface area (TPSA) is 43.4 Å². The third-order valence-corrected chi connectivity index (χ3v) is 5.67. The van der Waals surface area contributed by atoms with E-state index in [-0.39, 0.29) is 35.6 Å². The fraction of sp³-hybridized carbons (Fsp3) is 0.474. The fourth-order valence-electron chi connectivity index (χ4n) is 4.77. The largest absolute Gasteiger partial charge is 0.373 e. The molecule has 0 radical (unpaired) electrons. The molecule has 118 valence electrons. The lowest BCUT2D eigenvalue weighted by atomic mass is 9.81. The summed E-state index contributed by atoms with van der Waals surface area (Å²) >= 11 is 5.47. The lowest BCUT2D eigenvalue weighted by Gasteiger charge is -2.17. The summed E-state index contributed by atoms with van der Waals surface area (Å²) in [5.41, 5.74) is 3.52. The van der Waals surface area contributed by atoms with Crippen molar-refractivity contribution >= 4 is 23.2 Å². The van der Waals surface area contributed by atoms with E-state index in [1.54, 1.807) is 0 Å². The molecule has 3 fully saturated rings. The van der Waals surface area contributed by atoms with E-state index in [2.05, 4.69) is 11.3 Å². The van der Waals surface area contributed by atoms with E-state index in [1.165, 1.54) is 0 Å². The van der Waals surface area contributed by atoms with Crippen molar-refractivity contribution < 1.29 is 14.3 Å². The lowest BCUT2D eigenvalue weighted by Crippen LogP contribution is -2.29. The van der Waals surface area contributed by atoms with Crippen LogP contribution in [0.1, 0.15) is 41.0 Å². The van der Waals surface area contributed by atoms with Crippen LogP contribution in [0.3, 0.4) is 0 Å². The van der Waals surface area contributed by atoms with Gasteiger partial charge in [0.15, 0.2) is 11.6 Å². The van der Waals surface area contributed by atoms with Gasteiger partial charge in [-0.25, -0.2) is 0 Å². The van der Waals surface area contributed by atoms with E-state index >= 15 is 0 Å². The van der Waals surface area contributed by atoms with Crippen molar-refractivity contribution in [1.29, 1.82) is 0 Å². The summed E-state index contributed by atoms with van der Waals surface area (Å²) in [6, 6.07) is 3.80. The van der Waals surface area contributed by atoms with E-state index in [0.717, 1.165) is 35.1 Å². The number of hydrogen-bond donors (Lipinski definition) is 0. The molecule has 0 N–H and O–H groups in total. The fourth-order valence-corrected chi connectivity index (χ4v) is 4.88. The molecule has 4 rings (SSSR count). The molecule has 4 heteroatoms. The number of aryl methyl sites for hydroxylation is 2. The molecule has 1 aromatic rings. The van der Waals surface area contributed by atoms with Gasteiger partial charge in [0.25, 0.3) is 0 Å². The Bertz CT molecular complexity index is 735. The Hall–Kier alpha value is -1.63. The molecular formula is C19H17ClO3. The van der Waals surface area contributed by atoms with E-state index < -0.39 is 5.92 Å². The van der Waals surface area contributed by atoms with Crippen molar-refractivity contribution in [2.45, 2.75) is 44.8 Å². The van der Waals surface area contributed by atoms with Crippen LogP contribution in [0.5, 0.6) is 0 Å². The first-order chi connectivity index (χ1) is 11.0. The molecule has 0 spiro atoms. The zero-order chi connectivity index (χ0) is 16.3. The Balaban J connectivity index is 1.78. The molecule has 2 saturated heterocycles. The Morgan fingerprint density at radius 1 is 1.04 bits per heavy atom. The van der Waals surface area contributed by atoms with Gasteiger partial charge in [-0.2, -0.15) is 0 Å². The van der Waals surface area contributed by atoms with Gasteiger partial charge < -0.3 is 4.74 Å². The third kappa shape index (κ3) is 2.02.